The van der Waals surface area contributed by atoms with Crippen LogP contribution in [0.4, 0.5) is 5.69 Å². The lowest BCUT2D eigenvalue weighted by Crippen LogP contribution is -2.44. The molecule has 0 amide bonds. The van der Waals surface area contributed by atoms with E-state index in [1.165, 1.54) is 11.3 Å². The van der Waals surface area contributed by atoms with Crippen LogP contribution in [0, 0.1) is 0 Å². The van der Waals surface area contributed by atoms with E-state index in [1.54, 1.807) is 0 Å². The van der Waals surface area contributed by atoms with Gasteiger partial charge in [-0.2, -0.15) is 0 Å². The van der Waals surface area contributed by atoms with Crippen molar-refractivity contribution in [3.05, 3.63) is 66.2 Å². The molecule has 1 atom stereocenters. The number of para-hydroxylation sites is 1. The lowest BCUT2D eigenvalue weighted by Gasteiger charge is -2.39. The molecular weight excluding hydrogens is 378 g/mol. The Kier molecular flexibility index (Phi) is 7.68. The van der Waals surface area contributed by atoms with Gasteiger partial charge in [0, 0.05) is 12.2 Å². The molecule has 2 aromatic carbocycles. The predicted molar refractivity (Wildman–Crippen MR) is 126 cm³/mol. The van der Waals surface area contributed by atoms with Gasteiger partial charge in [0.25, 0.3) is 0 Å². The molecule has 3 nitrogen and oxygen atoms in total. The first-order chi connectivity index (χ1) is 13.1. The van der Waals surface area contributed by atoms with Crippen LogP contribution in [0.15, 0.2) is 60.7 Å². The summed E-state index contributed by atoms with van der Waals surface area (Å²) in [7, 11) is -2.46. The zero-order valence-electron chi connectivity index (χ0n) is 18.4. The minimum Gasteiger partial charge on any atom is -0.456 e. The second-order valence-corrected chi connectivity index (χ2v) is 18.7. The molecule has 0 bridgehead atoms. The molecule has 0 spiro atoms. The molecular formula is C23H37NO2Si2. The van der Waals surface area contributed by atoms with Crippen molar-refractivity contribution in [1.82, 2.24) is 0 Å². The largest absolute Gasteiger partial charge is 0.456 e. The highest BCUT2D eigenvalue weighted by Crippen LogP contribution is 2.41. The van der Waals surface area contributed by atoms with Gasteiger partial charge >= 0.3 is 0 Å². The summed E-state index contributed by atoms with van der Waals surface area (Å²) in [5, 5.41) is 10.1. The van der Waals surface area contributed by atoms with Crippen molar-refractivity contribution in [2.75, 3.05) is 18.1 Å². The van der Waals surface area contributed by atoms with Gasteiger partial charge < -0.3 is 14.1 Å². The van der Waals surface area contributed by atoms with E-state index in [4.69, 9.17) is 4.12 Å². The monoisotopic (exact) mass is 415 g/mol. The summed E-state index contributed by atoms with van der Waals surface area (Å²) in [6, 6.07) is 20.8. The van der Waals surface area contributed by atoms with Gasteiger partial charge in [-0.15, -0.1) is 0 Å². The Morgan fingerprint density at radius 2 is 1.36 bits per heavy atom. The minimum absolute atomic E-state index is 0.159. The summed E-state index contributed by atoms with van der Waals surface area (Å²) in [6.07, 6.45) is 2.12. The fraction of sp³-hybridized carbons (Fsp3) is 0.478. The van der Waals surface area contributed by atoms with Crippen molar-refractivity contribution in [2.24, 2.45) is 0 Å². The third-order valence-corrected chi connectivity index (χ3v) is 9.64. The molecule has 0 unspecified atom stereocenters. The number of aliphatic hydroxyl groups is 1. The summed E-state index contributed by atoms with van der Waals surface area (Å²) in [5.41, 5.74) is 2.14. The van der Waals surface area contributed by atoms with Crippen LogP contribution < -0.4 is 4.90 Å². The molecule has 1 saturated heterocycles. The fourth-order valence-corrected chi connectivity index (χ4v) is 11.4. The van der Waals surface area contributed by atoms with Crippen molar-refractivity contribution in [3.63, 3.8) is 0 Å². The van der Waals surface area contributed by atoms with Crippen LogP contribution in [0.25, 0.3) is 0 Å². The van der Waals surface area contributed by atoms with Crippen LogP contribution in [0.3, 0.4) is 0 Å². The standard InChI is InChI=1S/C17H19NO.C6H18OSi2/c19-14-17(15-8-3-1-4-9-15)12-7-13-18(17)16-10-5-2-6-11-16;1-8(2,3)7-9(4,5)6/h1-6,8-11,19H,7,12-14H2;1-6H3/t17-;/m0./s1. The van der Waals surface area contributed by atoms with Crippen LogP contribution in [0.2, 0.25) is 39.3 Å². The average molecular weight is 416 g/mol. The molecule has 1 heterocycles. The molecule has 1 aliphatic rings. The first-order valence-corrected chi connectivity index (χ1v) is 17.1. The Morgan fingerprint density at radius 1 is 0.857 bits per heavy atom. The fourth-order valence-electron chi connectivity index (χ4n) is 4.09. The van der Waals surface area contributed by atoms with E-state index in [1.807, 2.05) is 24.3 Å². The quantitative estimate of drug-likeness (QED) is 0.622. The van der Waals surface area contributed by atoms with E-state index in [2.05, 4.69) is 80.6 Å². The van der Waals surface area contributed by atoms with E-state index < -0.39 is 16.6 Å². The summed E-state index contributed by atoms with van der Waals surface area (Å²) >= 11 is 0. The maximum Gasteiger partial charge on any atom is 0.170 e. The van der Waals surface area contributed by atoms with Gasteiger partial charge in [-0.25, -0.2) is 0 Å². The van der Waals surface area contributed by atoms with Gasteiger partial charge in [-0.05, 0) is 69.8 Å². The van der Waals surface area contributed by atoms with Gasteiger partial charge in [0.2, 0.25) is 0 Å². The molecule has 28 heavy (non-hydrogen) atoms. The number of hydrogen-bond donors (Lipinski definition) is 1. The van der Waals surface area contributed by atoms with Crippen LogP contribution in [-0.2, 0) is 9.65 Å². The van der Waals surface area contributed by atoms with Gasteiger partial charge in [0.1, 0.15) is 0 Å². The van der Waals surface area contributed by atoms with Crippen molar-refractivity contribution in [1.29, 1.82) is 0 Å². The van der Waals surface area contributed by atoms with Crippen molar-refractivity contribution >= 4 is 22.3 Å². The highest BCUT2D eigenvalue weighted by molar-refractivity contribution is 6.83. The van der Waals surface area contributed by atoms with Crippen molar-refractivity contribution in [3.8, 4) is 0 Å². The van der Waals surface area contributed by atoms with Crippen LogP contribution in [0.1, 0.15) is 18.4 Å². The van der Waals surface area contributed by atoms with Gasteiger partial charge in [0.05, 0.1) is 12.1 Å². The normalized spacial score (nSPS) is 19.9. The van der Waals surface area contributed by atoms with Crippen LogP contribution >= 0.6 is 0 Å². The molecule has 1 aliphatic heterocycles. The topological polar surface area (TPSA) is 32.7 Å². The lowest BCUT2D eigenvalue weighted by molar-refractivity contribution is 0.198. The van der Waals surface area contributed by atoms with E-state index in [0.29, 0.717) is 0 Å². The molecule has 2 aromatic rings. The Labute approximate surface area is 173 Å². The first kappa shape index (κ1) is 22.9. The Morgan fingerprint density at radius 3 is 1.79 bits per heavy atom. The molecule has 1 fully saturated rings. The number of nitrogens with zero attached hydrogens (tertiary/aromatic N) is 1. The summed E-state index contributed by atoms with van der Waals surface area (Å²) < 4.78 is 5.90. The third-order valence-electron chi connectivity index (χ3n) is 4.74. The van der Waals surface area contributed by atoms with Crippen molar-refractivity contribution < 1.29 is 9.22 Å². The molecule has 0 aromatic heterocycles. The average Bonchev–Trinajstić information content (AvgIpc) is 3.06. The number of anilines is 1. The lowest BCUT2D eigenvalue weighted by atomic mass is 9.87. The number of hydrogen-bond acceptors (Lipinski definition) is 3. The summed E-state index contributed by atoms with van der Waals surface area (Å²) in [4.78, 5) is 2.35. The van der Waals surface area contributed by atoms with Crippen LogP contribution in [-0.4, -0.2) is 34.9 Å². The molecule has 3 rings (SSSR count). The highest BCUT2D eigenvalue weighted by Gasteiger charge is 2.41. The third kappa shape index (κ3) is 6.31. The summed E-state index contributed by atoms with van der Waals surface area (Å²) in [5.74, 6) is 0. The maximum atomic E-state index is 10.1. The summed E-state index contributed by atoms with van der Waals surface area (Å²) in [6.45, 7) is 14.6. The SMILES string of the molecule is C[Si](C)(C)O[Si](C)(C)C.OC[C@]1(c2ccccc2)CCCN1c1ccccc1. The minimum atomic E-state index is -1.23. The second-order valence-electron chi connectivity index (χ2n) is 9.47. The molecule has 154 valence electrons. The van der Waals surface area contributed by atoms with E-state index >= 15 is 0 Å². The van der Waals surface area contributed by atoms with E-state index in [9.17, 15) is 5.11 Å². The van der Waals surface area contributed by atoms with E-state index in [0.717, 1.165) is 19.4 Å². The van der Waals surface area contributed by atoms with Gasteiger partial charge in [0.15, 0.2) is 16.6 Å². The molecule has 0 radical (unpaired) electrons. The van der Waals surface area contributed by atoms with Gasteiger partial charge in [-0.1, -0.05) is 48.5 Å². The van der Waals surface area contributed by atoms with Crippen molar-refractivity contribution in [2.45, 2.75) is 57.7 Å². The second kappa shape index (κ2) is 9.39. The molecule has 5 heteroatoms. The molecule has 1 N–H and O–H groups in total. The Hall–Kier alpha value is -1.41. The molecule has 0 saturated carbocycles. The number of benzene rings is 2. The first-order valence-electron chi connectivity index (χ1n) is 10.3. The Bertz CT molecular complexity index is 699. The predicted octanol–water partition coefficient (Wildman–Crippen LogP) is 5.85. The Balaban J connectivity index is 0.000000266. The number of aliphatic hydroxyl groups excluding tert-OH is 1. The van der Waals surface area contributed by atoms with Crippen LogP contribution in [0.5, 0.6) is 0 Å². The van der Waals surface area contributed by atoms with Gasteiger partial charge in [-0.3, -0.25) is 0 Å². The zero-order valence-corrected chi connectivity index (χ0v) is 20.4. The maximum absolute atomic E-state index is 10.1. The zero-order chi connectivity index (χ0) is 20.8. The number of rotatable bonds is 5. The molecule has 0 aliphatic carbocycles. The smallest absolute Gasteiger partial charge is 0.170 e. The van der Waals surface area contributed by atoms with E-state index in [-0.39, 0.29) is 12.1 Å². The highest BCUT2D eigenvalue weighted by atomic mass is 28.4.